The average Bonchev–Trinajstić information content (AvgIpc) is 2.71. The predicted molar refractivity (Wildman–Crippen MR) is 66.4 cm³/mol. The summed E-state index contributed by atoms with van der Waals surface area (Å²) in [5.74, 6) is 0.573. The first-order chi connectivity index (χ1) is 8.52. The molecule has 18 heavy (non-hydrogen) atoms. The first-order valence-corrected chi connectivity index (χ1v) is 7.23. The van der Waals surface area contributed by atoms with Gasteiger partial charge < -0.3 is 5.32 Å². The number of aromatic nitrogens is 4. The molecule has 0 spiro atoms. The van der Waals surface area contributed by atoms with Gasteiger partial charge in [-0.05, 0) is 12.1 Å². The highest BCUT2D eigenvalue weighted by Crippen LogP contribution is 2.02. The molecule has 2 aromatic rings. The molecule has 0 aliphatic rings. The molecule has 0 saturated heterocycles. The second-order valence-electron chi connectivity index (χ2n) is 3.68. The van der Waals surface area contributed by atoms with Crippen LogP contribution in [-0.2, 0) is 9.84 Å². The van der Waals surface area contributed by atoms with Crippen molar-refractivity contribution in [1.29, 1.82) is 0 Å². The SMILES string of the molecule is CCS(=O)(=O)CCNc1ccc2n[nH]c(=O)n2n1. The number of sulfone groups is 1. The number of fused-ring (bicyclic) bond motifs is 1. The van der Waals surface area contributed by atoms with Crippen LogP contribution in [0.1, 0.15) is 6.92 Å². The third-order valence-corrected chi connectivity index (χ3v) is 4.14. The molecule has 2 N–H and O–H groups in total. The number of H-pyrrole nitrogens is 1. The summed E-state index contributed by atoms with van der Waals surface area (Å²) in [6.45, 7) is 1.85. The van der Waals surface area contributed by atoms with E-state index in [1.807, 2.05) is 0 Å². The highest BCUT2D eigenvalue weighted by molar-refractivity contribution is 7.91. The van der Waals surface area contributed by atoms with Crippen molar-refractivity contribution in [2.45, 2.75) is 6.92 Å². The topological polar surface area (TPSA) is 109 Å². The van der Waals surface area contributed by atoms with Gasteiger partial charge in [0.15, 0.2) is 15.5 Å². The van der Waals surface area contributed by atoms with E-state index in [4.69, 9.17) is 0 Å². The third kappa shape index (κ3) is 2.67. The van der Waals surface area contributed by atoms with Crippen LogP contribution in [0.15, 0.2) is 16.9 Å². The molecule has 0 saturated carbocycles. The van der Waals surface area contributed by atoms with Crippen molar-refractivity contribution in [1.82, 2.24) is 19.8 Å². The van der Waals surface area contributed by atoms with Crippen molar-refractivity contribution in [3.8, 4) is 0 Å². The Morgan fingerprint density at radius 2 is 2.22 bits per heavy atom. The van der Waals surface area contributed by atoms with Gasteiger partial charge in [-0.3, -0.25) is 0 Å². The molecule has 0 unspecified atom stereocenters. The predicted octanol–water partition coefficient (Wildman–Crippen LogP) is -0.736. The lowest BCUT2D eigenvalue weighted by molar-refractivity contribution is 0.597. The Balaban J connectivity index is 2.08. The smallest absolute Gasteiger partial charge is 0.364 e. The molecule has 0 fully saturated rings. The summed E-state index contributed by atoms with van der Waals surface area (Å²) in [5.41, 5.74) is -0.0263. The maximum Gasteiger partial charge on any atom is 0.364 e. The van der Waals surface area contributed by atoms with E-state index in [-0.39, 0.29) is 18.1 Å². The summed E-state index contributed by atoms with van der Waals surface area (Å²) in [7, 11) is -3.01. The van der Waals surface area contributed by atoms with Gasteiger partial charge in [0.2, 0.25) is 0 Å². The van der Waals surface area contributed by atoms with Gasteiger partial charge in [0.05, 0.1) is 5.75 Å². The zero-order valence-electron chi connectivity index (χ0n) is 9.75. The fourth-order valence-electron chi connectivity index (χ4n) is 1.38. The fourth-order valence-corrected chi connectivity index (χ4v) is 2.08. The third-order valence-electron chi connectivity index (χ3n) is 2.43. The van der Waals surface area contributed by atoms with Crippen LogP contribution in [-0.4, -0.2) is 46.3 Å². The maximum atomic E-state index is 11.3. The van der Waals surface area contributed by atoms with Gasteiger partial charge in [-0.25, -0.2) is 18.3 Å². The van der Waals surface area contributed by atoms with E-state index in [0.717, 1.165) is 4.52 Å². The monoisotopic (exact) mass is 271 g/mol. The molecule has 0 aliphatic heterocycles. The van der Waals surface area contributed by atoms with Crippen LogP contribution in [0, 0.1) is 0 Å². The van der Waals surface area contributed by atoms with Crippen molar-refractivity contribution in [3.05, 3.63) is 22.6 Å². The number of hydrogen-bond acceptors (Lipinski definition) is 6. The van der Waals surface area contributed by atoms with Gasteiger partial charge in [-0.2, -0.15) is 9.61 Å². The molecular formula is C9H13N5O3S. The summed E-state index contributed by atoms with van der Waals surface area (Å²) in [6.07, 6.45) is 0. The molecule has 0 bridgehead atoms. The van der Waals surface area contributed by atoms with Gasteiger partial charge >= 0.3 is 5.69 Å². The highest BCUT2D eigenvalue weighted by atomic mass is 32.2. The van der Waals surface area contributed by atoms with E-state index in [9.17, 15) is 13.2 Å². The fraction of sp³-hybridized carbons (Fsp3) is 0.444. The summed E-state index contributed by atoms with van der Waals surface area (Å²) >= 11 is 0. The molecule has 0 amide bonds. The van der Waals surface area contributed by atoms with Crippen LogP contribution >= 0.6 is 0 Å². The summed E-state index contributed by atoms with van der Waals surface area (Å²) in [4.78, 5) is 11.3. The van der Waals surface area contributed by atoms with E-state index in [1.165, 1.54) is 0 Å². The lowest BCUT2D eigenvalue weighted by Crippen LogP contribution is -2.19. The largest absolute Gasteiger partial charge is 0.368 e. The van der Waals surface area contributed by atoms with Crippen molar-refractivity contribution < 1.29 is 8.42 Å². The normalized spacial score (nSPS) is 11.8. The Morgan fingerprint density at radius 1 is 1.44 bits per heavy atom. The molecule has 0 aliphatic carbocycles. The summed E-state index contributed by atoms with van der Waals surface area (Å²) in [5, 5.41) is 12.8. The number of aromatic amines is 1. The number of hydrogen-bond donors (Lipinski definition) is 2. The van der Waals surface area contributed by atoms with Gasteiger partial charge in [0, 0.05) is 12.3 Å². The Morgan fingerprint density at radius 3 is 2.94 bits per heavy atom. The highest BCUT2D eigenvalue weighted by Gasteiger charge is 2.07. The zero-order chi connectivity index (χ0) is 13.2. The van der Waals surface area contributed by atoms with E-state index in [0.29, 0.717) is 11.5 Å². The minimum atomic E-state index is -3.01. The molecule has 9 heteroatoms. The molecule has 2 aromatic heterocycles. The maximum absolute atomic E-state index is 11.3. The van der Waals surface area contributed by atoms with Gasteiger partial charge in [0.1, 0.15) is 5.82 Å². The zero-order valence-corrected chi connectivity index (χ0v) is 10.6. The van der Waals surface area contributed by atoms with Crippen LogP contribution in [0.4, 0.5) is 5.82 Å². The van der Waals surface area contributed by atoms with Crippen molar-refractivity contribution in [2.75, 3.05) is 23.4 Å². The summed E-state index contributed by atoms with van der Waals surface area (Å²) in [6, 6.07) is 3.25. The molecule has 0 aromatic carbocycles. The van der Waals surface area contributed by atoms with E-state index in [2.05, 4.69) is 20.6 Å². The Labute approximate surface area is 103 Å². The second kappa shape index (κ2) is 4.77. The number of anilines is 1. The molecule has 98 valence electrons. The van der Waals surface area contributed by atoms with Crippen molar-refractivity contribution >= 4 is 21.3 Å². The first-order valence-electron chi connectivity index (χ1n) is 5.40. The molecule has 0 atom stereocenters. The first kappa shape index (κ1) is 12.6. The van der Waals surface area contributed by atoms with Crippen LogP contribution in [0.2, 0.25) is 0 Å². The number of rotatable bonds is 5. The molecular weight excluding hydrogens is 258 g/mol. The molecule has 2 rings (SSSR count). The van der Waals surface area contributed by atoms with Crippen molar-refractivity contribution in [3.63, 3.8) is 0 Å². The van der Waals surface area contributed by atoms with Crippen molar-refractivity contribution in [2.24, 2.45) is 0 Å². The van der Waals surface area contributed by atoms with Crippen LogP contribution in [0.25, 0.3) is 5.65 Å². The quantitative estimate of drug-likeness (QED) is 0.741. The van der Waals surface area contributed by atoms with Gasteiger partial charge in [-0.1, -0.05) is 6.92 Å². The van der Waals surface area contributed by atoms with Crippen LogP contribution in [0.3, 0.4) is 0 Å². The Hall–Kier alpha value is -1.90. The van der Waals surface area contributed by atoms with E-state index >= 15 is 0 Å². The summed E-state index contributed by atoms with van der Waals surface area (Å²) < 4.78 is 23.7. The average molecular weight is 271 g/mol. The minimum Gasteiger partial charge on any atom is -0.368 e. The van der Waals surface area contributed by atoms with E-state index in [1.54, 1.807) is 19.1 Å². The number of nitrogens with one attached hydrogen (secondary N) is 2. The Kier molecular flexibility index (Phi) is 3.32. The molecule has 2 heterocycles. The van der Waals surface area contributed by atoms with Gasteiger partial charge in [0.25, 0.3) is 0 Å². The van der Waals surface area contributed by atoms with Gasteiger partial charge in [-0.15, -0.1) is 5.10 Å². The Bertz CT molecular complexity index is 702. The van der Waals surface area contributed by atoms with E-state index < -0.39 is 15.5 Å². The number of nitrogens with zero attached hydrogens (tertiary/aromatic N) is 3. The minimum absolute atomic E-state index is 0.0313. The lowest BCUT2D eigenvalue weighted by Gasteiger charge is -2.05. The van der Waals surface area contributed by atoms with Crippen LogP contribution < -0.4 is 11.0 Å². The molecule has 0 radical (unpaired) electrons. The second-order valence-corrected chi connectivity index (χ2v) is 6.15. The van der Waals surface area contributed by atoms with Crippen LogP contribution in [0.5, 0.6) is 0 Å². The molecule has 8 nitrogen and oxygen atoms in total. The lowest BCUT2D eigenvalue weighted by atomic mass is 10.5. The standard InChI is InChI=1S/C9H13N5O3S/c1-2-18(16,17)6-5-10-7-3-4-8-11-12-9(15)14(8)13-7/h3-4H,2,5-6H2,1H3,(H,10,13)(H,12,15).